The van der Waals surface area contributed by atoms with E-state index in [2.05, 4.69) is 4.72 Å². The number of likely N-dealkylation sites (tertiary alicyclic amines) is 1. The molecule has 3 N–H and O–H groups in total. The number of rotatable bonds is 5. The number of nitrogens with zero attached hydrogens (tertiary/aromatic N) is 1. The predicted octanol–water partition coefficient (Wildman–Crippen LogP) is 1.79. The highest BCUT2D eigenvalue weighted by Gasteiger charge is 2.30. The van der Waals surface area contributed by atoms with Gasteiger partial charge in [0.15, 0.2) is 0 Å². The molecule has 0 aromatic heterocycles. The second kappa shape index (κ2) is 8.16. The zero-order chi connectivity index (χ0) is 19.4. The van der Waals surface area contributed by atoms with Gasteiger partial charge in [-0.3, -0.25) is 4.79 Å². The molecule has 2 aromatic carbocycles. The van der Waals surface area contributed by atoms with E-state index in [0.29, 0.717) is 24.9 Å². The molecular formula is C19H22FN3O3S. The Morgan fingerprint density at radius 3 is 2.63 bits per heavy atom. The number of hydrogen-bond acceptors (Lipinski definition) is 4. The smallest absolute Gasteiger partial charge is 0.244 e. The molecule has 0 aliphatic carbocycles. The highest BCUT2D eigenvalue weighted by atomic mass is 32.2. The standard InChI is InChI=1S/C19H22FN3O3S/c20-15-8-4-10-17(12-15)27(25,26)22-16-9-5-11-23(13-16)19(24)18(21)14-6-2-1-3-7-14/h1-4,6-8,10,12,16,18,22H,5,9,11,13,21H2. The lowest BCUT2D eigenvalue weighted by Crippen LogP contribution is -2.51. The number of nitrogens with one attached hydrogen (secondary N) is 1. The van der Waals surface area contributed by atoms with E-state index in [1.54, 1.807) is 17.0 Å². The summed E-state index contributed by atoms with van der Waals surface area (Å²) in [5.74, 6) is -0.858. The van der Waals surface area contributed by atoms with Crippen LogP contribution in [0.15, 0.2) is 59.5 Å². The highest BCUT2D eigenvalue weighted by molar-refractivity contribution is 7.89. The Balaban J connectivity index is 1.68. The Morgan fingerprint density at radius 1 is 1.19 bits per heavy atom. The van der Waals surface area contributed by atoms with E-state index in [4.69, 9.17) is 5.73 Å². The predicted molar refractivity (Wildman–Crippen MR) is 99.7 cm³/mol. The zero-order valence-corrected chi connectivity index (χ0v) is 15.5. The van der Waals surface area contributed by atoms with Crippen LogP contribution in [0.1, 0.15) is 24.4 Å². The number of hydrogen-bond donors (Lipinski definition) is 2. The number of halogens is 1. The number of amides is 1. The van der Waals surface area contributed by atoms with E-state index < -0.39 is 27.9 Å². The van der Waals surface area contributed by atoms with Gasteiger partial charge in [-0.1, -0.05) is 36.4 Å². The van der Waals surface area contributed by atoms with Gasteiger partial charge in [-0.25, -0.2) is 17.5 Å². The Labute approximate surface area is 158 Å². The Bertz CT molecular complexity index is 905. The molecule has 1 aliphatic rings. The summed E-state index contributed by atoms with van der Waals surface area (Å²) in [6.45, 7) is 0.755. The van der Waals surface area contributed by atoms with Crippen molar-refractivity contribution in [2.45, 2.75) is 29.8 Å². The fourth-order valence-corrected chi connectivity index (χ4v) is 4.49. The van der Waals surface area contributed by atoms with Gasteiger partial charge < -0.3 is 10.6 Å². The van der Waals surface area contributed by atoms with Gasteiger partial charge in [0.25, 0.3) is 0 Å². The van der Waals surface area contributed by atoms with E-state index in [9.17, 15) is 17.6 Å². The van der Waals surface area contributed by atoms with Crippen LogP contribution in [0.2, 0.25) is 0 Å². The minimum absolute atomic E-state index is 0.132. The van der Waals surface area contributed by atoms with Crippen molar-refractivity contribution in [2.75, 3.05) is 13.1 Å². The molecule has 2 unspecified atom stereocenters. The van der Waals surface area contributed by atoms with Crippen molar-refractivity contribution in [1.29, 1.82) is 0 Å². The maximum absolute atomic E-state index is 13.3. The van der Waals surface area contributed by atoms with Gasteiger partial charge in [0.1, 0.15) is 11.9 Å². The Morgan fingerprint density at radius 2 is 1.93 bits per heavy atom. The molecule has 144 valence electrons. The summed E-state index contributed by atoms with van der Waals surface area (Å²) >= 11 is 0. The molecule has 6 nitrogen and oxygen atoms in total. The van der Waals surface area contributed by atoms with Crippen molar-refractivity contribution in [1.82, 2.24) is 9.62 Å². The fourth-order valence-electron chi connectivity index (χ4n) is 3.19. The van der Waals surface area contributed by atoms with Gasteiger partial charge >= 0.3 is 0 Å². The molecule has 1 fully saturated rings. The number of sulfonamides is 1. The van der Waals surface area contributed by atoms with Gasteiger partial charge in [0, 0.05) is 19.1 Å². The summed E-state index contributed by atoms with van der Waals surface area (Å²) < 4.78 is 40.9. The van der Waals surface area contributed by atoms with Crippen LogP contribution in [0.3, 0.4) is 0 Å². The Hall–Kier alpha value is -2.29. The van der Waals surface area contributed by atoms with Gasteiger partial charge in [-0.05, 0) is 36.6 Å². The quantitative estimate of drug-likeness (QED) is 0.813. The first-order valence-corrected chi connectivity index (χ1v) is 10.2. The molecule has 1 aliphatic heterocycles. The number of carbonyl (C=O) groups excluding carboxylic acids is 1. The minimum Gasteiger partial charge on any atom is -0.339 e. The fraction of sp³-hybridized carbons (Fsp3) is 0.316. The third-order valence-electron chi connectivity index (χ3n) is 4.59. The lowest BCUT2D eigenvalue weighted by molar-refractivity contribution is -0.134. The van der Waals surface area contributed by atoms with Crippen molar-refractivity contribution in [3.63, 3.8) is 0 Å². The van der Waals surface area contributed by atoms with Crippen molar-refractivity contribution >= 4 is 15.9 Å². The van der Waals surface area contributed by atoms with Crippen LogP contribution in [0, 0.1) is 5.82 Å². The molecule has 0 spiro atoms. The largest absolute Gasteiger partial charge is 0.339 e. The van der Waals surface area contributed by atoms with Crippen LogP contribution in [0.4, 0.5) is 4.39 Å². The van der Waals surface area contributed by atoms with Gasteiger partial charge in [-0.15, -0.1) is 0 Å². The molecule has 27 heavy (non-hydrogen) atoms. The normalized spacial score (nSPS) is 18.9. The maximum atomic E-state index is 13.3. The monoisotopic (exact) mass is 391 g/mol. The molecule has 0 bridgehead atoms. The lowest BCUT2D eigenvalue weighted by Gasteiger charge is -2.34. The molecule has 2 aromatic rings. The van der Waals surface area contributed by atoms with E-state index in [-0.39, 0.29) is 17.3 Å². The molecule has 2 atom stereocenters. The SMILES string of the molecule is NC(C(=O)N1CCCC(NS(=O)(=O)c2cccc(F)c2)C1)c1ccccc1. The summed E-state index contributed by atoms with van der Waals surface area (Å²) in [5.41, 5.74) is 6.79. The minimum atomic E-state index is -3.86. The van der Waals surface area contributed by atoms with E-state index in [1.807, 2.05) is 18.2 Å². The van der Waals surface area contributed by atoms with Crippen molar-refractivity contribution in [2.24, 2.45) is 5.73 Å². The molecule has 8 heteroatoms. The molecular weight excluding hydrogens is 369 g/mol. The second-order valence-electron chi connectivity index (χ2n) is 6.59. The summed E-state index contributed by atoms with van der Waals surface area (Å²) in [6.07, 6.45) is 1.25. The first-order valence-electron chi connectivity index (χ1n) is 8.74. The summed E-state index contributed by atoms with van der Waals surface area (Å²) in [4.78, 5) is 14.1. The lowest BCUT2D eigenvalue weighted by atomic mass is 10.0. The highest BCUT2D eigenvalue weighted by Crippen LogP contribution is 2.19. The average Bonchev–Trinajstić information content (AvgIpc) is 2.67. The maximum Gasteiger partial charge on any atom is 0.244 e. The van der Waals surface area contributed by atoms with Crippen molar-refractivity contribution < 1.29 is 17.6 Å². The molecule has 1 heterocycles. The number of benzene rings is 2. The molecule has 0 radical (unpaired) electrons. The molecule has 1 saturated heterocycles. The van der Waals surface area contributed by atoms with Gasteiger partial charge in [0.05, 0.1) is 4.90 Å². The van der Waals surface area contributed by atoms with Crippen LogP contribution in [0.5, 0.6) is 0 Å². The average molecular weight is 391 g/mol. The number of carbonyl (C=O) groups is 1. The van der Waals surface area contributed by atoms with Crippen LogP contribution in [-0.2, 0) is 14.8 Å². The summed E-state index contributed by atoms with van der Waals surface area (Å²) in [6, 6.07) is 12.7. The molecule has 1 amide bonds. The summed E-state index contributed by atoms with van der Waals surface area (Å²) in [5, 5.41) is 0. The van der Waals surface area contributed by atoms with Crippen LogP contribution in [0.25, 0.3) is 0 Å². The second-order valence-corrected chi connectivity index (χ2v) is 8.30. The number of nitrogens with two attached hydrogens (primary N) is 1. The zero-order valence-electron chi connectivity index (χ0n) is 14.7. The third-order valence-corrected chi connectivity index (χ3v) is 6.10. The van der Waals surface area contributed by atoms with Gasteiger partial charge in [-0.2, -0.15) is 0 Å². The number of piperidine rings is 1. The van der Waals surface area contributed by atoms with Crippen LogP contribution >= 0.6 is 0 Å². The van der Waals surface area contributed by atoms with Crippen LogP contribution < -0.4 is 10.5 Å². The van der Waals surface area contributed by atoms with E-state index in [1.165, 1.54) is 18.2 Å². The summed E-state index contributed by atoms with van der Waals surface area (Å²) in [7, 11) is -3.86. The Kier molecular flexibility index (Phi) is 5.88. The topological polar surface area (TPSA) is 92.5 Å². The third kappa shape index (κ3) is 4.71. The van der Waals surface area contributed by atoms with E-state index >= 15 is 0 Å². The first kappa shape index (κ1) is 19.5. The van der Waals surface area contributed by atoms with Crippen molar-refractivity contribution in [3.05, 3.63) is 66.0 Å². The van der Waals surface area contributed by atoms with Gasteiger partial charge in [0.2, 0.25) is 15.9 Å². The molecule has 0 saturated carbocycles. The first-order chi connectivity index (χ1) is 12.9. The molecule has 3 rings (SSSR count). The van der Waals surface area contributed by atoms with Crippen molar-refractivity contribution in [3.8, 4) is 0 Å². The van der Waals surface area contributed by atoms with Crippen LogP contribution in [-0.4, -0.2) is 38.4 Å². The van der Waals surface area contributed by atoms with E-state index in [0.717, 1.165) is 6.07 Å².